The van der Waals surface area contributed by atoms with Gasteiger partial charge in [0, 0.05) is 5.75 Å². The summed E-state index contributed by atoms with van der Waals surface area (Å²) >= 11 is 2.06. The Hall–Kier alpha value is 0.0900. The molecule has 0 nitrogen and oxygen atoms in total. The van der Waals surface area contributed by atoms with Crippen LogP contribution >= 0.6 is 11.8 Å². The van der Waals surface area contributed by atoms with Gasteiger partial charge in [-0.1, -0.05) is 25.5 Å². The van der Waals surface area contributed by atoms with Crippen molar-refractivity contribution >= 4 is 11.8 Å². The molecular formula is C8H14S. The van der Waals surface area contributed by atoms with Crippen molar-refractivity contribution in [1.82, 2.24) is 0 Å². The van der Waals surface area contributed by atoms with E-state index in [2.05, 4.69) is 31.7 Å². The molecule has 0 amide bonds. The summed E-state index contributed by atoms with van der Waals surface area (Å²) in [5.41, 5.74) is 1.66. The first-order valence-corrected chi connectivity index (χ1v) is 4.72. The van der Waals surface area contributed by atoms with E-state index in [-0.39, 0.29) is 0 Å². The molecule has 0 aromatic rings. The summed E-state index contributed by atoms with van der Waals surface area (Å²) in [5.74, 6) is 3.38. The van der Waals surface area contributed by atoms with Gasteiger partial charge in [0.25, 0.3) is 0 Å². The van der Waals surface area contributed by atoms with Crippen LogP contribution in [0.2, 0.25) is 0 Å². The maximum absolute atomic E-state index is 2.40. The Bertz CT molecular complexity index is 106. The van der Waals surface area contributed by atoms with Gasteiger partial charge in [-0.25, -0.2) is 0 Å². The standard InChI is InChI=1S/C8H14S/c1-7(2)5-8-3-4-9-6-8/h5,7H,3-4,6H2,1-2H3/b8-5-. The number of rotatable bonds is 1. The molecule has 0 spiro atoms. The monoisotopic (exact) mass is 142 g/mol. The van der Waals surface area contributed by atoms with E-state index >= 15 is 0 Å². The highest BCUT2D eigenvalue weighted by molar-refractivity contribution is 7.99. The fourth-order valence-electron chi connectivity index (χ4n) is 1.08. The van der Waals surface area contributed by atoms with Gasteiger partial charge in [0.2, 0.25) is 0 Å². The molecule has 0 aliphatic carbocycles. The minimum Gasteiger partial charge on any atom is -0.157 e. The summed E-state index contributed by atoms with van der Waals surface area (Å²) in [5, 5.41) is 0. The Morgan fingerprint density at radius 1 is 1.56 bits per heavy atom. The van der Waals surface area contributed by atoms with Gasteiger partial charge in [0.15, 0.2) is 0 Å². The van der Waals surface area contributed by atoms with Crippen LogP contribution in [0.25, 0.3) is 0 Å². The van der Waals surface area contributed by atoms with Crippen LogP contribution in [0.3, 0.4) is 0 Å². The predicted octanol–water partition coefficient (Wildman–Crippen LogP) is 2.71. The van der Waals surface area contributed by atoms with Gasteiger partial charge in [-0.3, -0.25) is 0 Å². The van der Waals surface area contributed by atoms with Crippen molar-refractivity contribution in [3.63, 3.8) is 0 Å². The highest BCUT2D eigenvalue weighted by Crippen LogP contribution is 2.23. The molecule has 1 rings (SSSR count). The van der Waals surface area contributed by atoms with Gasteiger partial charge in [0.1, 0.15) is 0 Å². The third kappa shape index (κ3) is 2.44. The minimum atomic E-state index is 0.749. The highest BCUT2D eigenvalue weighted by Gasteiger charge is 2.05. The minimum absolute atomic E-state index is 0.749. The van der Waals surface area contributed by atoms with Crippen molar-refractivity contribution in [2.24, 2.45) is 5.92 Å². The summed E-state index contributed by atoms with van der Waals surface area (Å²) < 4.78 is 0. The summed E-state index contributed by atoms with van der Waals surface area (Å²) in [6, 6.07) is 0. The van der Waals surface area contributed by atoms with Gasteiger partial charge >= 0.3 is 0 Å². The van der Waals surface area contributed by atoms with Gasteiger partial charge < -0.3 is 0 Å². The van der Waals surface area contributed by atoms with E-state index in [9.17, 15) is 0 Å². The molecule has 1 aliphatic heterocycles. The van der Waals surface area contributed by atoms with E-state index in [4.69, 9.17) is 0 Å². The Balaban J connectivity index is 2.39. The van der Waals surface area contributed by atoms with Crippen molar-refractivity contribution < 1.29 is 0 Å². The first kappa shape index (κ1) is 7.20. The molecule has 0 bridgehead atoms. The van der Waals surface area contributed by atoms with E-state index in [0.717, 1.165) is 5.92 Å². The lowest BCUT2D eigenvalue weighted by Crippen LogP contribution is -1.84. The van der Waals surface area contributed by atoms with Crippen molar-refractivity contribution in [2.45, 2.75) is 20.3 Å². The normalized spacial score (nSPS) is 24.1. The molecule has 1 saturated heterocycles. The Morgan fingerprint density at radius 3 is 2.78 bits per heavy atom. The van der Waals surface area contributed by atoms with Crippen LogP contribution in [-0.4, -0.2) is 11.5 Å². The molecule has 1 fully saturated rings. The van der Waals surface area contributed by atoms with Crippen molar-refractivity contribution in [1.29, 1.82) is 0 Å². The van der Waals surface area contributed by atoms with Crippen LogP contribution in [0, 0.1) is 5.92 Å². The first-order valence-electron chi connectivity index (χ1n) is 3.56. The molecule has 1 aliphatic rings. The largest absolute Gasteiger partial charge is 0.157 e. The molecular weight excluding hydrogens is 128 g/mol. The third-order valence-corrected chi connectivity index (χ3v) is 2.49. The van der Waals surface area contributed by atoms with Crippen LogP contribution in [0.5, 0.6) is 0 Å². The Labute approximate surface area is 61.7 Å². The topological polar surface area (TPSA) is 0 Å². The van der Waals surface area contributed by atoms with Gasteiger partial charge in [-0.05, 0) is 18.1 Å². The van der Waals surface area contributed by atoms with E-state index in [1.807, 2.05) is 0 Å². The molecule has 1 heteroatoms. The smallest absolute Gasteiger partial charge is 0.0143 e. The second-order valence-electron chi connectivity index (χ2n) is 2.87. The zero-order valence-electron chi connectivity index (χ0n) is 6.18. The lowest BCUT2D eigenvalue weighted by molar-refractivity contribution is 0.817. The summed E-state index contributed by atoms with van der Waals surface area (Å²) in [6.07, 6.45) is 3.74. The summed E-state index contributed by atoms with van der Waals surface area (Å²) in [6.45, 7) is 4.49. The SMILES string of the molecule is CC(C)/C=C1/CCSC1. The molecule has 0 saturated carbocycles. The van der Waals surface area contributed by atoms with Gasteiger partial charge in [-0.15, -0.1) is 0 Å². The number of hydrogen-bond donors (Lipinski definition) is 0. The number of allylic oxidation sites excluding steroid dienone is 1. The molecule has 52 valence electrons. The van der Waals surface area contributed by atoms with Crippen LogP contribution in [0.15, 0.2) is 11.6 Å². The van der Waals surface area contributed by atoms with E-state index < -0.39 is 0 Å². The molecule has 0 N–H and O–H groups in total. The fourth-order valence-corrected chi connectivity index (χ4v) is 2.14. The molecule has 0 radical (unpaired) electrons. The van der Waals surface area contributed by atoms with Crippen molar-refractivity contribution in [3.8, 4) is 0 Å². The first-order chi connectivity index (χ1) is 4.29. The van der Waals surface area contributed by atoms with Crippen LogP contribution in [0.1, 0.15) is 20.3 Å². The second kappa shape index (κ2) is 3.31. The number of thioether (sulfide) groups is 1. The van der Waals surface area contributed by atoms with Crippen LogP contribution in [0.4, 0.5) is 0 Å². The molecule has 0 aromatic heterocycles. The van der Waals surface area contributed by atoms with Gasteiger partial charge in [-0.2, -0.15) is 11.8 Å². The number of hydrogen-bond acceptors (Lipinski definition) is 1. The zero-order chi connectivity index (χ0) is 6.69. The van der Waals surface area contributed by atoms with Crippen LogP contribution < -0.4 is 0 Å². The van der Waals surface area contributed by atoms with E-state index in [1.54, 1.807) is 5.57 Å². The van der Waals surface area contributed by atoms with E-state index in [0.29, 0.717) is 0 Å². The third-order valence-electron chi connectivity index (χ3n) is 1.42. The van der Waals surface area contributed by atoms with Crippen LogP contribution in [-0.2, 0) is 0 Å². The second-order valence-corrected chi connectivity index (χ2v) is 3.98. The van der Waals surface area contributed by atoms with E-state index in [1.165, 1.54) is 17.9 Å². The van der Waals surface area contributed by atoms with Crippen molar-refractivity contribution in [3.05, 3.63) is 11.6 Å². The molecule has 0 unspecified atom stereocenters. The predicted molar refractivity (Wildman–Crippen MR) is 44.9 cm³/mol. The maximum atomic E-state index is 2.40. The quantitative estimate of drug-likeness (QED) is 0.507. The van der Waals surface area contributed by atoms with Gasteiger partial charge in [0.05, 0.1) is 0 Å². The van der Waals surface area contributed by atoms with Crippen molar-refractivity contribution in [2.75, 3.05) is 11.5 Å². The Morgan fingerprint density at radius 2 is 2.33 bits per heavy atom. The molecule has 0 aromatic carbocycles. The summed E-state index contributed by atoms with van der Waals surface area (Å²) in [4.78, 5) is 0. The fraction of sp³-hybridized carbons (Fsp3) is 0.750. The lowest BCUT2D eigenvalue weighted by Gasteiger charge is -1.96. The average Bonchev–Trinajstić information content (AvgIpc) is 2.15. The highest BCUT2D eigenvalue weighted by atomic mass is 32.2. The average molecular weight is 142 g/mol. The Kier molecular flexibility index (Phi) is 2.65. The molecule has 9 heavy (non-hydrogen) atoms. The molecule has 1 heterocycles. The summed E-state index contributed by atoms with van der Waals surface area (Å²) in [7, 11) is 0. The molecule has 0 atom stereocenters. The maximum Gasteiger partial charge on any atom is 0.0143 e. The lowest BCUT2D eigenvalue weighted by atomic mass is 10.1. The zero-order valence-corrected chi connectivity index (χ0v) is 7.00.